The Balaban J connectivity index is 0.00000306. The summed E-state index contributed by atoms with van der Waals surface area (Å²) in [6, 6.07) is 8.16. The van der Waals surface area contributed by atoms with Crippen molar-refractivity contribution in [2.75, 3.05) is 19.0 Å². The van der Waals surface area contributed by atoms with E-state index in [1.54, 1.807) is 7.11 Å². The molecule has 1 atom stereocenters. The number of aliphatic imine (C=N–C) groups is 1. The molecule has 0 saturated heterocycles. The van der Waals surface area contributed by atoms with E-state index in [-0.39, 0.29) is 41.8 Å². The summed E-state index contributed by atoms with van der Waals surface area (Å²) in [6.45, 7) is 4.55. The van der Waals surface area contributed by atoms with Gasteiger partial charge in [0.25, 0.3) is 0 Å². The van der Waals surface area contributed by atoms with Crippen LogP contribution in [0.15, 0.2) is 29.3 Å². The first-order valence-corrected chi connectivity index (χ1v) is 11.5. The van der Waals surface area contributed by atoms with Crippen LogP contribution in [0, 0.1) is 5.92 Å². The van der Waals surface area contributed by atoms with Crippen LogP contribution in [0.25, 0.3) is 0 Å². The predicted molar refractivity (Wildman–Crippen MR) is 139 cm³/mol. The van der Waals surface area contributed by atoms with E-state index in [2.05, 4.69) is 33.0 Å². The molecule has 1 aliphatic carbocycles. The summed E-state index contributed by atoms with van der Waals surface area (Å²) in [4.78, 5) is 21.5. The Hall–Kier alpha value is -2.21. The quantitative estimate of drug-likeness (QED) is 0.258. The van der Waals surface area contributed by atoms with Gasteiger partial charge in [0, 0.05) is 37.7 Å². The molecule has 0 spiro atoms. The van der Waals surface area contributed by atoms with Gasteiger partial charge in [0.05, 0.1) is 13.1 Å². The number of aromatic nitrogens is 3. The summed E-state index contributed by atoms with van der Waals surface area (Å²) in [7, 11) is 1.65. The van der Waals surface area contributed by atoms with Crippen LogP contribution in [0.4, 0.5) is 5.69 Å². The summed E-state index contributed by atoms with van der Waals surface area (Å²) in [5, 5.41) is 14.4. The van der Waals surface area contributed by atoms with E-state index >= 15 is 0 Å². The van der Waals surface area contributed by atoms with Gasteiger partial charge in [-0.05, 0) is 43.9 Å². The van der Waals surface area contributed by atoms with Gasteiger partial charge >= 0.3 is 0 Å². The van der Waals surface area contributed by atoms with Crippen LogP contribution < -0.4 is 16.0 Å². The largest absolute Gasteiger partial charge is 0.377 e. The second-order valence-electron chi connectivity index (χ2n) is 8.45. The van der Waals surface area contributed by atoms with E-state index in [0.29, 0.717) is 13.2 Å². The lowest BCUT2D eigenvalue weighted by Crippen LogP contribution is -2.47. The Morgan fingerprint density at radius 3 is 2.88 bits per heavy atom. The number of amides is 1. The third-order valence-electron chi connectivity index (χ3n) is 5.95. The van der Waals surface area contributed by atoms with E-state index < -0.39 is 0 Å². The number of benzene rings is 1. The Kier molecular flexibility index (Phi) is 9.48. The smallest absolute Gasteiger partial charge is 0.227 e. The minimum Gasteiger partial charge on any atom is -0.377 e. The summed E-state index contributed by atoms with van der Waals surface area (Å²) in [5.74, 6) is 2.83. The number of carbonyl (C=O) groups is 1. The van der Waals surface area contributed by atoms with Crippen LogP contribution in [0.1, 0.15) is 49.8 Å². The number of halogens is 1. The zero-order valence-corrected chi connectivity index (χ0v) is 21.7. The van der Waals surface area contributed by atoms with Crippen molar-refractivity contribution in [1.82, 2.24) is 25.4 Å². The molecular weight excluding hydrogens is 533 g/mol. The van der Waals surface area contributed by atoms with Crippen molar-refractivity contribution in [1.29, 1.82) is 0 Å². The monoisotopic (exact) mass is 567 g/mol. The third kappa shape index (κ3) is 6.89. The first kappa shape index (κ1) is 25.4. The highest BCUT2D eigenvalue weighted by Gasteiger charge is 2.25. The Morgan fingerprint density at radius 1 is 1.30 bits per heavy atom. The predicted octanol–water partition coefficient (Wildman–Crippen LogP) is 2.85. The average molecular weight is 567 g/mol. The number of rotatable bonds is 8. The molecule has 1 fully saturated rings. The number of guanidine groups is 1. The molecule has 2 aliphatic rings. The fourth-order valence-electron chi connectivity index (χ4n) is 4.01. The van der Waals surface area contributed by atoms with E-state index in [0.717, 1.165) is 74.1 Å². The van der Waals surface area contributed by atoms with Gasteiger partial charge in [-0.2, -0.15) is 5.10 Å². The lowest BCUT2D eigenvalue weighted by molar-refractivity contribution is -0.122. The molecule has 4 rings (SSSR count). The van der Waals surface area contributed by atoms with Crippen LogP contribution >= 0.6 is 24.0 Å². The SMILES string of the molecule is CCNC(=NCc1cccc(NC(=O)C2CCC2)c1)NC1CCc2nc(COC)nn2C1.I. The molecule has 2 heterocycles. The van der Waals surface area contributed by atoms with E-state index in [1.165, 1.54) is 0 Å². The minimum atomic E-state index is 0. The third-order valence-corrected chi connectivity index (χ3v) is 5.95. The molecule has 1 amide bonds. The van der Waals surface area contributed by atoms with Crippen LogP contribution in [0.5, 0.6) is 0 Å². The number of methoxy groups -OCH3 is 1. The number of hydrogen-bond donors (Lipinski definition) is 3. The number of nitrogens with one attached hydrogen (secondary N) is 3. The molecule has 1 saturated carbocycles. The van der Waals surface area contributed by atoms with Crippen molar-refractivity contribution < 1.29 is 9.53 Å². The number of ether oxygens (including phenoxy) is 1. The van der Waals surface area contributed by atoms with Gasteiger partial charge in [0.1, 0.15) is 12.4 Å². The lowest BCUT2D eigenvalue weighted by atomic mass is 9.85. The molecule has 0 radical (unpaired) electrons. The molecule has 33 heavy (non-hydrogen) atoms. The molecule has 3 N–H and O–H groups in total. The second-order valence-corrected chi connectivity index (χ2v) is 8.45. The van der Waals surface area contributed by atoms with Crippen molar-refractivity contribution in [3.05, 3.63) is 41.5 Å². The molecule has 180 valence electrons. The van der Waals surface area contributed by atoms with Gasteiger partial charge in [-0.3, -0.25) is 4.79 Å². The normalized spacial score (nSPS) is 18.0. The molecule has 2 aromatic rings. The molecule has 0 bridgehead atoms. The van der Waals surface area contributed by atoms with Crippen molar-refractivity contribution in [2.45, 2.75) is 64.8 Å². The molecule has 1 aromatic carbocycles. The molecule has 9 nitrogen and oxygen atoms in total. The minimum absolute atomic E-state index is 0. The van der Waals surface area contributed by atoms with Crippen molar-refractivity contribution in [3.8, 4) is 0 Å². The number of hydrogen-bond acceptors (Lipinski definition) is 5. The van der Waals surface area contributed by atoms with Crippen LogP contribution in [-0.4, -0.2) is 46.3 Å². The number of fused-ring (bicyclic) bond motifs is 1. The fraction of sp³-hybridized carbons (Fsp3) is 0.565. The van der Waals surface area contributed by atoms with Crippen LogP contribution in [0.2, 0.25) is 0 Å². The van der Waals surface area contributed by atoms with E-state index in [9.17, 15) is 4.79 Å². The zero-order chi connectivity index (χ0) is 22.3. The Morgan fingerprint density at radius 2 is 2.15 bits per heavy atom. The lowest BCUT2D eigenvalue weighted by Gasteiger charge is -2.25. The number of carbonyl (C=O) groups excluding carboxylic acids is 1. The Bertz CT molecular complexity index is 958. The first-order valence-electron chi connectivity index (χ1n) is 11.5. The summed E-state index contributed by atoms with van der Waals surface area (Å²) >= 11 is 0. The average Bonchev–Trinajstić information content (AvgIpc) is 3.13. The van der Waals surface area contributed by atoms with Crippen molar-refractivity contribution >= 4 is 41.5 Å². The summed E-state index contributed by atoms with van der Waals surface area (Å²) in [6.07, 6.45) is 4.99. The number of nitrogens with zero attached hydrogens (tertiary/aromatic N) is 4. The number of aryl methyl sites for hydroxylation is 1. The summed E-state index contributed by atoms with van der Waals surface area (Å²) < 4.78 is 7.11. The van der Waals surface area contributed by atoms with Crippen molar-refractivity contribution in [3.63, 3.8) is 0 Å². The Labute approximate surface area is 212 Å². The van der Waals surface area contributed by atoms with Crippen LogP contribution in [-0.2, 0) is 35.6 Å². The van der Waals surface area contributed by atoms with Gasteiger partial charge in [-0.1, -0.05) is 18.6 Å². The van der Waals surface area contributed by atoms with Gasteiger partial charge in [0.15, 0.2) is 11.8 Å². The molecule has 10 heteroatoms. The van der Waals surface area contributed by atoms with E-state index in [4.69, 9.17) is 9.73 Å². The van der Waals surface area contributed by atoms with E-state index in [1.807, 2.05) is 28.9 Å². The second kappa shape index (κ2) is 12.3. The van der Waals surface area contributed by atoms with Gasteiger partial charge < -0.3 is 20.7 Å². The maximum absolute atomic E-state index is 12.2. The van der Waals surface area contributed by atoms with Gasteiger partial charge in [-0.15, -0.1) is 24.0 Å². The first-order chi connectivity index (χ1) is 15.6. The zero-order valence-electron chi connectivity index (χ0n) is 19.3. The number of anilines is 1. The molecule has 1 aliphatic heterocycles. The van der Waals surface area contributed by atoms with Crippen molar-refractivity contribution in [2.24, 2.45) is 10.9 Å². The summed E-state index contributed by atoms with van der Waals surface area (Å²) in [5.41, 5.74) is 1.89. The standard InChI is InChI=1S/C23H33N7O2.HI/c1-3-24-23(27-19-10-11-21-28-20(15-32-2)29-30(21)14-19)25-13-16-6-4-9-18(12-16)26-22(31)17-7-5-8-17;/h4,6,9,12,17,19H,3,5,7-8,10-11,13-15H2,1-2H3,(H,26,31)(H2,24,25,27);1H. The van der Waals surface area contributed by atoms with Gasteiger partial charge in [-0.25, -0.2) is 14.7 Å². The highest BCUT2D eigenvalue weighted by Crippen LogP contribution is 2.27. The topological polar surface area (TPSA) is 105 Å². The maximum Gasteiger partial charge on any atom is 0.227 e. The van der Waals surface area contributed by atoms with Gasteiger partial charge in [0.2, 0.25) is 5.91 Å². The molecular formula is C23H34IN7O2. The highest BCUT2D eigenvalue weighted by atomic mass is 127. The highest BCUT2D eigenvalue weighted by molar-refractivity contribution is 14.0. The molecule has 1 unspecified atom stereocenters. The maximum atomic E-state index is 12.2. The molecule has 1 aromatic heterocycles. The van der Waals surface area contributed by atoms with Crippen LogP contribution in [0.3, 0.4) is 0 Å². The fourth-order valence-corrected chi connectivity index (χ4v) is 4.01.